The number of carbonyl (C=O) groups excluding carboxylic acids is 1. The number of alkyl halides is 3. The quantitative estimate of drug-likeness (QED) is 0.752. The summed E-state index contributed by atoms with van der Waals surface area (Å²) in [4.78, 5) is 15.0. The summed E-state index contributed by atoms with van der Waals surface area (Å²) in [5.41, 5.74) is 0.424. The summed E-state index contributed by atoms with van der Waals surface area (Å²) in [6, 6.07) is 2.63. The van der Waals surface area contributed by atoms with Gasteiger partial charge < -0.3 is 14.8 Å². The van der Waals surface area contributed by atoms with Crippen LogP contribution in [0.15, 0.2) is 12.1 Å². The lowest BCUT2D eigenvalue weighted by Crippen LogP contribution is -2.35. The van der Waals surface area contributed by atoms with E-state index in [0.29, 0.717) is 5.69 Å². The van der Waals surface area contributed by atoms with Crippen LogP contribution in [0.3, 0.4) is 0 Å². The van der Waals surface area contributed by atoms with Crippen molar-refractivity contribution in [3.05, 3.63) is 17.8 Å². The van der Waals surface area contributed by atoms with Gasteiger partial charge in [-0.1, -0.05) is 0 Å². The van der Waals surface area contributed by atoms with Crippen molar-refractivity contribution in [2.75, 3.05) is 24.4 Å². The van der Waals surface area contributed by atoms with Gasteiger partial charge in [0.05, 0.1) is 6.61 Å². The van der Waals surface area contributed by atoms with E-state index in [2.05, 4.69) is 19.8 Å². The van der Waals surface area contributed by atoms with Crippen LogP contribution in [-0.2, 0) is 14.8 Å². The van der Waals surface area contributed by atoms with E-state index in [1.54, 1.807) is 11.6 Å². The van der Waals surface area contributed by atoms with Crippen LogP contribution in [0.5, 0.6) is 5.75 Å². The van der Waals surface area contributed by atoms with Crippen molar-refractivity contribution in [1.82, 2.24) is 9.71 Å². The smallest absolute Gasteiger partial charge is 0.422 e. The third-order valence-electron chi connectivity index (χ3n) is 2.33. The Bertz CT molecular complexity index is 679. The molecule has 0 radical (unpaired) electrons. The number of aryl methyl sites for hydroxylation is 1. The fraction of sp³-hybridized carbons (Fsp3) is 0.500. The van der Waals surface area contributed by atoms with E-state index in [0.717, 1.165) is 0 Å². The van der Waals surface area contributed by atoms with Crippen LogP contribution >= 0.6 is 0 Å². The molecule has 1 heterocycles. The monoisotopic (exact) mass is 371 g/mol. The number of nitrogens with zero attached hydrogens (tertiary/aromatic N) is 1. The minimum atomic E-state index is -4.56. The average molecular weight is 371 g/mol. The summed E-state index contributed by atoms with van der Waals surface area (Å²) in [5.74, 6) is -1.29. The first kappa shape index (κ1) is 19.8. The number of hydrogen-bond acceptors (Lipinski definition) is 7. The van der Waals surface area contributed by atoms with Crippen LogP contribution < -0.4 is 14.8 Å². The molecule has 0 aliphatic rings. The third kappa shape index (κ3) is 7.35. The molecule has 0 atom stereocenters. The maximum Gasteiger partial charge on any atom is 0.422 e. The molecule has 0 fully saturated rings. The predicted molar refractivity (Wildman–Crippen MR) is 78.1 cm³/mol. The van der Waals surface area contributed by atoms with Crippen molar-refractivity contribution in [2.24, 2.45) is 0 Å². The van der Waals surface area contributed by atoms with E-state index in [1.807, 2.05) is 0 Å². The number of sulfonamides is 1. The number of nitrogens with one attached hydrogen (secondary N) is 2. The minimum Gasteiger partial charge on any atom is -0.480 e. The second kappa shape index (κ2) is 8.04. The first-order chi connectivity index (χ1) is 11.0. The number of hydrogen-bond donors (Lipinski definition) is 2. The SMILES string of the molecule is CCOC(=O)NS(=O)(=O)CNc1nc(C)ccc1OCC(F)(F)F. The largest absolute Gasteiger partial charge is 0.480 e. The van der Waals surface area contributed by atoms with Gasteiger partial charge in [-0.05, 0) is 26.0 Å². The zero-order valence-electron chi connectivity index (χ0n) is 12.8. The van der Waals surface area contributed by atoms with E-state index in [-0.39, 0.29) is 18.2 Å². The molecule has 0 aromatic carbocycles. The topological polar surface area (TPSA) is 107 Å². The van der Waals surface area contributed by atoms with Crippen molar-refractivity contribution in [2.45, 2.75) is 20.0 Å². The second-order valence-electron chi connectivity index (χ2n) is 4.46. The number of amides is 1. The molecule has 1 rings (SSSR count). The summed E-state index contributed by atoms with van der Waals surface area (Å²) in [5, 5.41) is 2.32. The number of halogens is 3. The van der Waals surface area contributed by atoms with E-state index in [4.69, 9.17) is 0 Å². The summed E-state index contributed by atoms with van der Waals surface area (Å²) >= 11 is 0. The average Bonchev–Trinajstić information content (AvgIpc) is 2.43. The Kier molecular flexibility index (Phi) is 6.63. The number of carbonyl (C=O) groups is 1. The van der Waals surface area contributed by atoms with Crippen LogP contribution in [0.1, 0.15) is 12.6 Å². The molecule has 0 bridgehead atoms. The lowest BCUT2D eigenvalue weighted by molar-refractivity contribution is -0.153. The van der Waals surface area contributed by atoms with Crippen LogP contribution in [-0.4, -0.2) is 44.8 Å². The van der Waals surface area contributed by atoms with E-state index in [9.17, 15) is 26.4 Å². The molecule has 2 N–H and O–H groups in total. The number of aromatic nitrogens is 1. The Hall–Kier alpha value is -2.24. The highest BCUT2D eigenvalue weighted by Gasteiger charge is 2.29. The van der Waals surface area contributed by atoms with E-state index >= 15 is 0 Å². The van der Waals surface area contributed by atoms with Crippen molar-refractivity contribution in [3.63, 3.8) is 0 Å². The van der Waals surface area contributed by atoms with Gasteiger partial charge in [0.25, 0.3) is 10.0 Å². The molecule has 0 aliphatic carbocycles. The number of rotatable bonds is 7. The molecule has 0 saturated carbocycles. The molecule has 0 saturated heterocycles. The summed E-state index contributed by atoms with van der Waals surface area (Å²) in [6.07, 6.45) is -5.72. The Labute approximate surface area is 136 Å². The highest BCUT2D eigenvalue weighted by Crippen LogP contribution is 2.25. The normalized spacial score (nSPS) is 11.7. The lowest BCUT2D eigenvalue weighted by atomic mass is 10.3. The van der Waals surface area contributed by atoms with E-state index < -0.39 is 34.8 Å². The minimum absolute atomic E-state index is 0.0242. The van der Waals surface area contributed by atoms with Gasteiger partial charge in [-0.2, -0.15) is 13.2 Å². The predicted octanol–water partition coefficient (Wildman–Crippen LogP) is 1.78. The van der Waals surface area contributed by atoms with Gasteiger partial charge in [0, 0.05) is 5.69 Å². The molecule has 1 amide bonds. The fourth-order valence-electron chi connectivity index (χ4n) is 1.43. The molecular weight excluding hydrogens is 355 g/mol. The summed E-state index contributed by atoms with van der Waals surface area (Å²) in [6.45, 7) is 1.47. The molecule has 136 valence electrons. The van der Waals surface area contributed by atoms with Crippen LogP contribution in [0.25, 0.3) is 0 Å². The van der Waals surface area contributed by atoms with Gasteiger partial charge in [-0.15, -0.1) is 0 Å². The molecule has 12 heteroatoms. The second-order valence-corrected chi connectivity index (χ2v) is 6.18. The third-order valence-corrected chi connectivity index (χ3v) is 3.33. The van der Waals surface area contributed by atoms with Gasteiger partial charge in [-0.25, -0.2) is 22.9 Å². The maximum atomic E-state index is 12.2. The van der Waals surface area contributed by atoms with Crippen LogP contribution in [0.4, 0.5) is 23.8 Å². The molecular formula is C12H16F3N3O5S. The molecule has 0 unspecified atom stereocenters. The Balaban J connectivity index is 2.79. The molecule has 0 spiro atoms. The standard InChI is InChI=1S/C12H16F3N3O5S/c1-3-22-11(19)18-24(20,21)7-16-10-9(5-4-8(2)17-10)23-6-12(13,14)15/h4-5H,3,6-7H2,1-2H3,(H,16,17)(H,18,19). The van der Waals surface area contributed by atoms with Gasteiger partial charge in [0.1, 0.15) is 5.88 Å². The fourth-order valence-corrected chi connectivity index (χ4v) is 2.15. The van der Waals surface area contributed by atoms with Gasteiger partial charge >= 0.3 is 12.3 Å². The van der Waals surface area contributed by atoms with Gasteiger partial charge in [0.2, 0.25) is 0 Å². The van der Waals surface area contributed by atoms with Crippen molar-refractivity contribution in [3.8, 4) is 5.75 Å². The number of pyridine rings is 1. The first-order valence-corrected chi connectivity index (χ1v) is 8.26. The molecule has 1 aromatic rings. The molecule has 0 aliphatic heterocycles. The Morgan fingerprint density at radius 2 is 2.00 bits per heavy atom. The number of ether oxygens (including phenoxy) is 2. The molecule has 1 aromatic heterocycles. The lowest BCUT2D eigenvalue weighted by Gasteiger charge is -2.14. The zero-order chi connectivity index (χ0) is 18.4. The number of anilines is 1. The van der Waals surface area contributed by atoms with Crippen LogP contribution in [0.2, 0.25) is 0 Å². The zero-order valence-corrected chi connectivity index (χ0v) is 13.6. The van der Waals surface area contributed by atoms with Crippen molar-refractivity contribution in [1.29, 1.82) is 0 Å². The summed E-state index contributed by atoms with van der Waals surface area (Å²) < 4.78 is 70.6. The van der Waals surface area contributed by atoms with Crippen molar-refractivity contribution >= 4 is 21.9 Å². The van der Waals surface area contributed by atoms with Gasteiger partial charge in [-0.3, -0.25) is 0 Å². The first-order valence-electron chi connectivity index (χ1n) is 6.60. The Morgan fingerprint density at radius 3 is 2.58 bits per heavy atom. The maximum absolute atomic E-state index is 12.2. The van der Waals surface area contributed by atoms with E-state index in [1.165, 1.54) is 19.1 Å². The summed E-state index contributed by atoms with van der Waals surface area (Å²) in [7, 11) is -4.13. The Morgan fingerprint density at radius 1 is 1.33 bits per heavy atom. The van der Waals surface area contributed by atoms with Crippen molar-refractivity contribution < 1.29 is 35.9 Å². The highest BCUT2D eigenvalue weighted by atomic mass is 32.2. The highest BCUT2D eigenvalue weighted by molar-refractivity contribution is 7.90. The van der Waals surface area contributed by atoms with Gasteiger partial charge in [0.15, 0.2) is 18.2 Å². The molecule has 8 nitrogen and oxygen atoms in total. The molecule has 24 heavy (non-hydrogen) atoms. The van der Waals surface area contributed by atoms with Crippen LogP contribution in [0, 0.1) is 6.92 Å².